The summed E-state index contributed by atoms with van der Waals surface area (Å²) in [5.74, 6) is 0.249. The van der Waals surface area contributed by atoms with Gasteiger partial charge in [-0.05, 0) is 25.7 Å². The van der Waals surface area contributed by atoms with Gasteiger partial charge in [0, 0.05) is 25.7 Å². The number of hydrogen-bond donors (Lipinski definition) is 1. The minimum atomic E-state index is 0.154. The van der Waals surface area contributed by atoms with Gasteiger partial charge in [0.25, 0.3) is 0 Å². The Labute approximate surface area is 110 Å². The number of nitrogens with zero attached hydrogens (tertiary/aromatic N) is 1. The number of amides is 1. The van der Waals surface area contributed by atoms with E-state index in [-0.39, 0.29) is 12.0 Å². The van der Waals surface area contributed by atoms with Crippen molar-refractivity contribution in [2.45, 2.75) is 63.5 Å². The summed E-state index contributed by atoms with van der Waals surface area (Å²) in [5.41, 5.74) is 5.66. The van der Waals surface area contributed by atoms with Crippen LogP contribution in [0.1, 0.15) is 51.4 Å². The molecule has 104 valence electrons. The van der Waals surface area contributed by atoms with Crippen molar-refractivity contribution in [2.24, 2.45) is 5.73 Å². The Bertz CT molecular complexity index is 259. The minimum absolute atomic E-state index is 0.154. The topological polar surface area (TPSA) is 55.6 Å². The maximum atomic E-state index is 12.4. The standard InChI is InChI=1S/C14H26N2O2/c15-8-9-16(12-5-2-1-3-6-12)14(17)11-13-7-4-10-18-13/h12-13H,1-11,15H2. The van der Waals surface area contributed by atoms with E-state index in [1.807, 2.05) is 4.90 Å². The number of carbonyl (C=O) groups excluding carboxylic acids is 1. The molecule has 0 spiro atoms. The van der Waals surface area contributed by atoms with Gasteiger partial charge in [-0.25, -0.2) is 0 Å². The molecule has 4 heteroatoms. The van der Waals surface area contributed by atoms with E-state index < -0.39 is 0 Å². The third-order valence-electron chi connectivity index (χ3n) is 4.13. The fourth-order valence-corrected chi connectivity index (χ4v) is 3.16. The fraction of sp³-hybridized carbons (Fsp3) is 0.929. The summed E-state index contributed by atoms with van der Waals surface area (Å²) >= 11 is 0. The lowest BCUT2D eigenvalue weighted by Crippen LogP contribution is -2.45. The summed E-state index contributed by atoms with van der Waals surface area (Å²) in [6.07, 6.45) is 8.95. The van der Waals surface area contributed by atoms with Gasteiger partial charge in [0.2, 0.25) is 5.91 Å². The summed E-state index contributed by atoms with van der Waals surface area (Å²) in [5, 5.41) is 0. The van der Waals surface area contributed by atoms with Crippen molar-refractivity contribution in [3.8, 4) is 0 Å². The molecule has 1 aliphatic heterocycles. The normalized spacial score (nSPS) is 25.3. The highest BCUT2D eigenvalue weighted by molar-refractivity contribution is 5.77. The van der Waals surface area contributed by atoms with E-state index in [1.165, 1.54) is 19.3 Å². The first-order valence-corrected chi connectivity index (χ1v) is 7.42. The monoisotopic (exact) mass is 254 g/mol. The van der Waals surface area contributed by atoms with E-state index >= 15 is 0 Å². The Hall–Kier alpha value is -0.610. The Balaban J connectivity index is 1.87. The van der Waals surface area contributed by atoms with Gasteiger partial charge in [0.1, 0.15) is 0 Å². The van der Waals surface area contributed by atoms with Gasteiger partial charge >= 0.3 is 0 Å². The van der Waals surface area contributed by atoms with Crippen LogP contribution in [0.5, 0.6) is 0 Å². The van der Waals surface area contributed by atoms with Crippen molar-refractivity contribution in [3.05, 3.63) is 0 Å². The molecule has 2 N–H and O–H groups in total. The minimum Gasteiger partial charge on any atom is -0.378 e. The molecule has 0 aromatic carbocycles. The van der Waals surface area contributed by atoms with Crippen LogP contribution >= 0.6 is 0 Å². The molecule has 0 aromatic heterocycles. The van der Waals surface area contributed by atoms with E-state index in [4.69, 9.17) is 10.5 Å². The van der Waals surface area contributed by atoms with Crippen molar-refractivity contribution < 1.29 is 9.53 Å². The number of hydrogen-bond acceptors (Lipinski definition) is 3. The van der Waals surface area contributed by atoms with Gasteiger partial charge in [0.15, 0.2) is 0 Å². The molecule has 2 rings (SSSR count). The molecule has 1 heterocycles. The Morgan fingerprint density at radius 1 is 1.17 bits per heavy atom. The van der Waals surface area contributed by atoms with E-state index in [0.717, 1.165) is 32.3 Å². The third kappa shape index (κ3) is 3.69. The quantitative estimate of drug-likeness (QED) is 0.812. The number of ether oxygens (including phenoxy) is 1. The first-order valence-electron chi connectivity index (χ1n) is 7.42. The van der Waals surface area contributed by atoms with Crippen molar-refractivity contribution in [1.82, 2.24) is 4.90 Å². The van der Waals surface area contributed by atoms with Crippen LogP contribution in [0.2, 0.25) is 0 Å². The Kier molecular flexibility index (Phi) is 5.45. The average Bonchev–Trinajstić information content (AvgIpc) is 2.89. The van der Waals surface area contributed by atoms with Gasteiger partial charge in [-0.15, -0.1) is 0 Å². The van der Waals surface area contributed by atoms with Crippen LogP contribution in [-0.2, 0) is 9.53 Å². The maximum absolute atomic E-state index is 12.4. The first kappa shape index (κ1) is 13.8. The molecule has 1 aliphatic carbocycles. The zero-order valence-corrected chi connectivity index (χ0v) is 11.3. The van der Waals surface area contributed by atoms with E-state index in [2.05, 4.69) is 0 Å². The molecular weight excluding hydrogens is 228 g/mol. The average molecular weight is 254 g/mol. The van der Waals surface area contributed by atoms with Gasteiger partial charge in [-0.2, -0.15) is 0 Å². The van der Waals surface area contributed by atoms with E-state index in [0.29, 0.717) is 25.6 Å². The second-order valence-electron chi connectivity index (χ2n) is 5.51. The zero-order valence-electron chi connectivity index (χ0n) is 11.3. The maximum Gasteiger partial charge on any atom is 0.225 e. The van der Waals surface area contributed by atoms with Crippen LogP contribution in [0, 0.1) is 0 Å². The van der Waals surface area contributed by atoms with Gasteiger partial charge in [-0.1, -0.05) is 19.3 Å². The predicted molar refractivity (Wildman–Crippen MR) is 71.2 cm³/mol. The number of nitrogens with two attached hydrogens (primary N) is 1. The summed E-state index contributed by atoms with van der Waals surface area (Å²) < 4.78 is 5.56. The first-order chi connectivity index (χ1) is 8.81. The smallest absolute Gasteiger partial charge is 0.225 e. The van der Waals surface area contributed by atoms with Crippen molar-refractivity contribution >= 4 is 5.91 Å². The van der Waals surface area contributed by atoms with Crippen LogP contribution < -0.4 is 5.73 Å². The number of carbonyl (C=O) groups is 1. The molecule has 18 heavy (non-hydrogen) atoms. The van der Waals surface area contributed by atoms with Crippen LogP contribution in [0.3, 0.4) is 0 Å². The largest absolute Gasteiger partial charge is 0.378 e. The molecule has 1 saturated heterocycles. The Morgan fingerprint density at radius 3 is 2.56 bits per heavy atom. The lowest BCUT2D eigenvalue weighted by molar-refractivity contribution is -0.136. The highest BCUT2D eigenvalue weighted by atomic mass is 16.5. The molecule has 0 aromatic rings. The molecule has 1 amide bonds. The molecule has 1 saturated carbocycles. The summed E-state index contributed by atoms with van der Waals surface area (Å²) in [6.45, 7) is 2.09. The third-order valence-corrected chi connectivity index (χ3v) is 4.13. The molecule has 1 atom stereocenters. The van der Waals surface area contributed by atoms with E-state index in [1.54, 1.807) is 0 Å². The van der Waals surface area contributed by atoms with Crippen LogP contribution in [0.25, 0.3) is 0 Å². The molecule has 2 aliphatic rings. The second-order valence-corrected chi connectivity index (χ2v) is 5.51. The van der Waals surface area contributed by atoms with Crippen molar-refractivity contribution in [2.75, 3.05) is 19.7 Å². The highest BCUT2D eigenvalue weighted by Gasteiger charge is 2.27. The summed E-state index contributed by atoms with van der Waals surface area (Å²) in [6, 6.07) is 0.427. The molecule has 1 unspecified atom stereocenters. The SMILES string of the molecule is NCCN(C(=O)CC1CCCO1)C1CCCCC1. The number of rotatable bonds is 5. The zero-order chi connectivity index (χ0) is 12.8. The molecule has 2 fully saturated rings. The van der Waals surface area contributed by atoms with Crippen LogP contribution in [0.4, 0.5) is 0 Å². The van der Waals surface area contributed by atoms with Gasteiger partial charge in [0.05, 0.1) is 12.5 Å². The summed E-state index contributed by atoms with van der Waals surface area (Å²) in [7, 11) is 0. The van der Waals surface area contributed by atoms with E-state index in [9.17, 15) is 4.79 Å². The molecule has 4 nitrogen and oxygen atoms in total. The highest BCUT2D eigenvalue weighted by Crippen LogP contribution is 2.24. The Morgan fingerprint density at radius 2 is 1.94 bits per heavy atom. The summed E-state index contributed by atoms with van der Waals surface area (Å²) in [4.78, 5) is 14.4. The lowest BCUT2D eigenvalue weighted by atomic mass is 9.93. The fourth-order valence-electron chi connectivity index (χ4n) is 3.16. The second kappa shape index (κ2) is 7.10. The van der Waals surface area contributed by atoms with Gasteiger partial charge in [-0.3, -0.25) is 4.79 Å². The van der Waals surface area contributed by atoms with Crippen LogP contribution in [-0.4, -0.2) is 42.6 Å². The van der Waals surface area contributed by atoms with Crippen LogP contribution in [0.15, 0.2) is 0 Å². The lowest BCUT2D eigenvalue weighted by Gasteiger charge is -2.34. The molecule has 0 bridgehead atoms. The van der Waals surface area contributed by atoms with Crippen molar-refractivity contribution in [3.63, 3.8) is 0 Å². The molecular formula is C14H26N2O2. The predicted octanol–water partition coefficient (Wildman–Crippen LogP) is 1.68. The molecule has 0 radical (unpaired) electrons. The van der Waals surface area contributed by atoms with Crippen molar-refractivity contribution in [1.29, 1.82) is 0 Å². The van der Waals surface area contributed by atoms with Gasteiger partial charge < -0.3 is 15.4 Å².